The van der Waals surface area contributed by atoms with Gasteiger partial charge in [-0.1, -0.05) is 0 Å². The lowest BCUT2D eigenvalue weighted by atomic mass is 10.2. The third-order valence-corrected chi connectivity index (χ3v) is 7.33. The van der Waals surface area contributed by atoms with Crippen molar-refractivity contribution in [3.05, 3.63) is 29.8 Å². The summed E-state index contributed by atoms with van der Waals surface area (Å²) in [5.41, 5.74) is -0.884. The Bertz CT molecular complexity index is 798. The van der Waals surface area contributed by atoms with Crippen molar-refractivity contribution in [3.8, 4) is 0 Å². The number of hydrogen-bond donors (Lipinski definition) is 0. The molecule has 10 heteroatoms. The Balaban J connectivity index is 1.62. The molecule has 2 saturated heterocycles. The highest BCUT2D eigenvalue weighted by molar-refractivity contribution is 7.89. The Morgan fingerprint density at radius 2 is 1.50 bits per heavy atom. The van der Waals surface area contributed by atoms with E-state index in [2.05, 4.69) is 0 Å². The molecule has 3 rings (SSSR count). The predicted octanol–water partition coefficient (Wildman–Crippen LogP) is 2.02. The fourth-order valence-electron chi connectivity index (χ4n) is 3.65. The Hall–Kier alpha value is -1.65. The summed E-state index contributed by atoms with van der Waals surface area (Å²) < 4.78 is 64.7. The van der Waals surface area contributed by atoms with Crippen LogP contribution in [0.2, 0.25) is 0 Å². The van der Waals surface area contributed by atoms with Crippen molar-refractivity contribution in [2.75, 3.05) is 39.3 Å². The minimum atomic E-state index is -4.51. The van der Waals surface area contributed by atoms with Gasteiger partial charge in [0.15, 0.2) is 0 Å². The normalized spacial score (nSPS) is 21.1. The van der Waals surface area contributed by atoms with Gasteiger partial charge in [0.25, 0.3) is 0 Å². The summed E-state index contributed by atoms with van der Waals surface area (Å²) in [5, 5.41) is 0. The summed E-state index contributed by atoms with van der Waals surface area (Å²) in [7, 11) is -3.87. The highest BCUT2D eigenvalue weighted by atomic mass is 32.2. The third-order valence-electron chi connectivity index (χ3n) is 5.42. The van der Waals surface area contributed by atoms with Gasteiger partial charge >= 0.3 is 6.18 Å². The molecular weight excluding hydrogens is 395 g/mol. The summed E-state index contributed by atoms with van der Waals surface area (Å²) in [6.45, 7) is 4.57. The molecule has 0 saturated carbocycles. The molecule has 2 fully saturated rings. The van der Waals surface area contributed by atoms with Crippen molar-refractivity contribution in [1.82, 2.24) is 14.1 Å². The molecule has 1 amide bonds. The number of piperazine rings is 1. The zero-order chi connectivity index (χ0) is 20.5. The molecule has 28 heavy (non-hydrogen) atoms. The fraction of sp³-hybridized carbons (Fsp3) is 0.611. The number of carbonyl (C=O) groups is 1. The number of carbonyl (C=O) groups excluding carboxylic acids is 1. The quantitative estimate of drug-likeness (QED) is 0.749. The monoisotopic (exact) mass is 419 g/mol. The molecule has 1 aromatic rings. The smallest absolute Gasteiger partial charge is 0.341 e. The van der Waals surface area contributed by atoms with Gasteiger partial charge in [-0.15, -0.1) is 0 Å². The van der Waals surface area contributed by atoms with E-state index in [0.29, 0.717) is 13.1 Å². The molecule has 1 unspecified atom stereocenters. The van der Waals surface area contributed by atoms with Crippen molar-refractivity contribution in [2.24, 2.45) is 0 Å². The van der Waals surface area contributed by atoms with E-state index in [1.54, 1.807) is 0 Å². The number of sulfonamides is 1. The van der Waals surface area contributed by atoms with Crippen LogP contribution in [0.4, 0.5) is 13.2 Å². The van der Waals surface area contributed by atoms with E-state index in [1.807, 2.05) is 16.7 Å². The maximum atomic E-state index is 12.7. The van der Waals surface area contributed by atoms with Gasteiger partial charge in [-0.25, -0.2) is 8.42 Å². The van der Waals surface area contributed by atoms with Gasteiger partial charge in [0, 0.05) is 39.3 Å². The molecule has 0 aliphatic carbocycles. The first kappa shape index (κ1) is 21.1. The fourth-order valence-corrected chi connectivity index (χ4v) is 5.08. The molecule has 2 aliphatic rings. The van der Waals surface area contributed by atoms with Crippen LogP contribution < -0.4 is 0 Å². The van der Waals surface area contributed by atoms with E-state index in [0.717, 1.165) is 50.2 Å². The van der Waals surface area contributed by atoms with Gasteiger partial charge in [-0.3, -0.25) is 9.69 Å². The number of likely N-dealkylation sites (tertiary alicyclic amines) is 1. The average Bonchev–Trinajstić information content (AvgIpc) is 3.21. The van der Waals surface area contributed by atoms with E-state index >= 15 is 0 Å². The molecule has 2 aliphatic heterocycles. The van der Waals surface area contributed by atoms with Crippen LogP contribution >= 0.6 is 0 Å². The number of halogens is 3. The Kier molecular flexibility index (Phi) is 6.02. The molecule has 0 N–H and O–H groups in total. The second-order valence-electron chi connectivity index (χ2n) is 7.17. The second-order valence-corrected chi connectivity index (χ2v) is 9.11. The van der Waals surface area contributed by atoms with Gasteiger partial charge in [0.1, 0.15) is 0 Å². The number of nitrogens with zero attached hydrogens (tertiary/aromatic N) is 3. The maximum absolute atomic E-state index is 12.7. The first-order chi connectivity index (χ1) is 13.1. The van der Waals surface area contributed by atoms with Crippen LogP contribution in [0, 0.1) is 0 Å². The Morgan fingerprint density at radius 1 is 0.964 bits per heavy atom. The van der Waals surface area contributed by atoms with Crippen LogP contribution in [0.1, 0.15) is 25.3 Å². The molecule has 2 heterocycles. The van der Waals surface area contributed by atoms with Crippen molar-refractivity contribution in [3.63, 3.8) is 0 Å². The Labute approximate surface area is 162 Å². The van der Waals surface area contributed by atoms with E-state index in [-0.39, 0.29) is 29.9 Å². The molecular formula is C18H24F3N3O3S. The standard InChI is InChI=1S/C18H24F3N3O3S/c1-14(17(25)23-8-2-3-9-23)22-10-12-24(13-11-22)28(26,27)16-6-4-15(5-7-16)18(19,20)21/h4-7,14H,2-3,8-13H2,1H3. The third kappa shape index (κ3) is 4.33. The lowest BCUT2D eigenvalue weighted by molar-refractivity contribution is -0.137. The van der Waals surface area contributed by atoms with Gasteiger partial charge in [-0.05, 0) is 44.0 Å². The maximum Gasteiger partial charge on any atom is 0.416 e. The van der Waals surface area contributed by atoms with Gasteiger partial charge in [0.05, 0.1) is 16.5 Å². The molecule has 156 valence electrons. The highest BCUT2D eigenvalue weighted by Gasteiger charge is 2.35. The van der Waals surface area contributed by atoms with Crippen LogP contribution in [0.15, 0.2) is 29.2 Å². The van der Waals surface area contributed by atoms with Crippen molar-refractivity contribution in [1.29, 1.82) is 0 Å². The number of alkyl halides is 3. The van der Waals surface area contributed by atoms with Gasteiger partial charge in [0.2, 0.25) is 15.9 Å². The number of amides is 1. The molecule has 0 bridgehead atoms. The van der Waals surface area contributed by atoms with E-state index in [4.69, 9.17) is 0 Å². The molecule has 0 spiro atoms. The minimum Gasteiger partial charge on any atom is -0.341 e. The number of hydrogen-bond acceptors (Lipinski definition) is 4. The molecule has 0 radical (unpaired) electrons. The number of rotatable bonds is 4. The van der Waals surface area contributed by atoms with Crippen LogP contribution in [0.25, 0.3) is 0 Å². The lowest BCUT2D eigenvalue weighted by Crippen LogP contribution is -2.55. The topological polar surface area (TPSA) is 60.9 Å². The van der Waals surface area contributed by atoms with Crippen LogP contribution in [-0.4, -0.2) is 73.7 Å². The zero-order valence-electron chi connectivity index (χ0n) is 15.7. The zero-order valence-corrected chi connectivity index (χ0v) is 16.5. The Morgan fingerprint density at radius 3 is 2.00 bits per heavy atom. The van der Waals surface area contributed by atoms with Gasteiger partial charge in [-0.2, -0.15) is 17.5 Å². The van der Waals surface area contributed by atoms with E-state index < -0.39 is 21.8 Å². The van der Waals surface area contributed by atoms with Crippen molar-refractivity contribution >= 4 is 15.9 Å². The molecule has 1 aromatic carbocycles. The van der Waals surface area contributed by atoms with Crippen LogP contribution in [0.3, 0.4) is 0 Å². The molecule has 0 aromatic heterocycles. The first-order valence-corrected chi connectivity index (χ1v) is 10.7. The summed E-state index contributed by atoms with van der Waals surface area (Å²) in [6, 6.07) is 3.22. The molecule has 6 nitrogen and oxygen atoms in total. The largest absolute Gasteiger partial charge is 0.416 e. The van der Waals surface area contributed by atoms with Gasteiger partial charge < -0.3 is 4.90 Å². The summed E-state index contributed by atoms with van der Waals surface area (Å²) >= 11 is 0. The van der Waals surface area contributed by atoms with E-state index in [9.17, 15) is 26.4 Å². The SMILES string of the molecule is CC(C(=O)N1CCCC1)N1CCN(S(=O)(=O)c2ccc(C(F)(F)F)cc2)CC1. The lowest BCUT2D eigenvalue weighted by Gasteiger charge is -2.37. The highest BCUT2D eigenvalue weighted by Crippen LogP contribution is 2.30. The average molecular weight is 419 g/mol. The summed E-state index contributed by atoms with van der Waals surface area (Å²) in [6.07, 6.45) is -2.48. The summed E-state index contributed by atoms with van der Waals surface area (Å²) in [5.74, 6) is 0.0662. The number of benzene rings is 1. The second kappa shape index (κ2) is 8.00. The molecule has 1 atom stereocenters. The minimum absolute atomic E-state index is 0.0662. The van der Waals surface area contributed by atoms with Crippen molar-refractivity contribution in [2.45, 2.75) is 36.9 Å². The first-order valence-electron chi connectivity index (χ1n) is 9.31. The van der Waals surface area contributed by atoms with Crippen molar-refractivity contribution < 1.29 is 26.4 Å². The van der Waals surface area contributed by atoms with E-state index in [1.165, 1.54) is 4.31 Å². The van der Waals surface area contributed by atoms with Crippen LogP contribution in [-0.2, 0) is 21.0 Å². The summed E-state index contributed by atoms with van der Waals surface area (Å²) in [4.78, 5) is 16.2. The van der Waals surface area contributed by atoms with Crippen LogP contribution in [0.5, 0.6) is 0 Å². The predicted molar refractivity (Wildman–Crippen MR) is 97.1 cm³/mol.